The first-order valence-electron chi connectivity index (χ1n) is 5.80. The SMILES string of the molecule is Cc1cc(Br)c(C)c(O)c1CC1CCCN1. The minimum absolute atomic E-state index is 0.459. The van der Waals surface area contributed by atoms with E-state index in [4.69, 9.17) is 0 Å². The Morgan fingerprint density at radius 3 is 2.88 bits per heavy atom. The highest BCUT2D eigenvalue weighted by atomic mass is 79.9. The average molecular weight is 284 g/mol. The first kappa shape index (κ1) is 11.9. The van der Waals surface area contributed by atoms with Crippen LogP contribution in [0.3, 0.4) is 0 Å². The van der Waals surface area contributed by atoms with Gasteiger partial charge in [-0.05, 0) is 56.8 Å². The summed E-state index contributed by atoms with van der Waals surface area (Å²) in [6.07, 6.45) is 3.40. The second-order valence-electron chi connectivity index (χ2n) is 4.62. The van der Waals surface area contributed by atoms with Gasteiger partial charge >= 0.3 is 0 Å². The Kier molecular flexibility index (Phi) is 3.55. The average Bonchev–Trinajstić information content (AvgIpc) is 2.74. The second-order valence-corrected chi connectivity index (χ2v) is 5.48. The van der Waals surface area contributed by atoms with E-state index in [-0.39, 0.29) is 0 Å². The van der Waals surface area contributed by atoms with E-state index in [0.29, 0.717) is 11.8 Å². The van der Waals surface area contributed by atoms with Gasteiger partial charge in [0, 0.05) is 16.1 Å². The predicted molar refractivity (Wildman–Crippen MR) is 70.0 cm³/mol. The third kappa shape index (κ3) is 2.25. The van der Waals surface area contributed by atoms with E-state index in [1.807, 2.05) is 6.92 Å². The topological polar surface area (TPSA) is 32.3 Å². The summed E-state index contributed by atoms with van der Waals surface area (Å²) >= 11 is 3.47. The summed E-state index contributed by atoms with van der Waals surface area (Å²) in [6, 6.07) is 2.63. The van der Waals surface area contributed by atoms with Gasteiger partial charge in [-0.1, -0.05) is 15.9 Å². The van der Waals surface area contributed by atoms with Gasteiger partial charge in [0.2, 0.25) is 0 Å². The molecule has 0 bridgehead atoms. The number of halogens is 1. The molecule has 1 aromatic carbocycles. The molecule has 0 aromatic heterocycles. The number of benzene rings is 1. The molecule has 1 saturated heterocycles. The normalized spacial score (nSPS) is 20.3. The van der Waals surface area contributed by atoms with Gasteiger partial charge in [-0.25, -0.2) is 0 Å². The molecular weight excluding hydrogens is 266 g/mol. The monoisotopic (exact) mass is 283 g/mol. The molecule has 3 heteroatoms. The second kappa shape index (κ2) is 4.76. The van der Waals surface area contributed by atoms with Gasteiger partial charge in [-0.3, -0.25) is 0 Å². The number of hydrogen-bond acceptors (Lipinski definition) is 2. The highest BCUT2D eigenvalue weighted by molar-refractivity contribution is 9.10. The van der Waals surface area contributed by atoms with E-state index >= 15 is 0 Å². The molecule has 2 nitrogen and oxygen atoms in total. The van der Waals surface area contributed by atoms with Gasteiger partial charge in [0.1, 0.15) is 5.75 Å². The molecule has 88 valence electrons. The molecule has 2 N–H and O–H groups in total. The van der Waals surface area contributed by atoms with E-state index in [1.54, 1.807) is 0 Å². The fraction of sp³-hybridized carbons (Fsp3) is 0.538. The smallest absolute Gasteiger partial charge is 0.123 e. The number of phenols is 1. The molecule has 16 heavy (non-hydrogen) atoms. The van der Waals surface area contributed by atoms with Crippen LogP contribution in [0.25, 0.3) is 0 Å². The quantitative estimate of drug-likeness (QED) is 0.874. The van der Waals surface area contributed by atoms with Crippen molar-refractivity contribution < 1.29 is 5.11 Å². The van der Waals surface area contributed by atoms with Crippen molar-refractivity contribution in [2.24, 2.45) is 0 Å². The van der Waals surface area contributed by atoms with Crippen LogP contribution in [-0.2, 0) is 6.42 Å². The minimum atomic E-state index is 0.459. The summed E-state index contributed by atoms with van der Waals surface area (Å²) in [4.78, 5) is 0. The van der Waals surface area contributed by atoms with Gasteiger partial charge < -0.3 is 10.4 Å². The van der Waals surface area contributed by atoms with E-state index < -0.39 is 0 Å². The van der Waals surface area contributed by atoms with E-state index in [0.717, 1.165) is 28.6 Å². The number of hydrogen-bond donors (Lipinski definition) is 2. The number of rotatable bonds is 2. The first-order valence-corrected chi connectivity index (χ1v) is 6.60. The van der Waals surface area contributed by atoms with Gasteiger partial charge in [0.05, 0.1) is 0 Å². The largest absolute Gasteiger partial charge is 0.507 e. The summed E-state index contributed by atoms with van der Waals surface area (Å²) in [5.41, 5.74) is 3.21. The Hall–Kier alpha value is -0.540. The molecule has 1 aliphatic rings. The van der Waals surface area contributed by atoms with Crippen LogP contribution >= 0.6 is 15.9 Å². The van der Waals surface area contributed by atoms with Crippen molar-refractivity contribution in [2.45, 2.75) is 39.2 Å². The Morgan fingerprint density at radius 2 is 2.25 bits per heavy atom. The fourth-order valence-electron chi connectivity index (χ4n) is 2.35. The molecular formula is C13H18BrNO. The summed E-state index contributed by atoms with van der Waals surface area (Å²) in [6.45, 7) is 5.12. The Balaban J connectivity index is 2.28. The van der Waals surface area contributed by atoms with Crippen LogP contribution in [0.4, 0.5) is 0 Å². The number of aromatic hydroxyl groups is 1. The Morgan fingerprint density at radius 1 is 1.50 bits per heavy atom. The van der Waals surface area contributed by atoms with Crippen LogP contribution in [0.5, 0.6) is 5.75 Å². The summed E-state index contributed by atoms with van der Waals surface area (Å²) < 4.78 is 0.991. The van der Waals surface area contributed by atoms with Crippen molar-refractivity contribution in [3.8, 4) is 5.75 Å². The lowest BCUT2D eigenvalue weighted by molar-refractivity contribution is 0.456. The van der Waals surface area contributed by atoms with Crippen LogP contribution in [0.2, 0.25) is 0 Å². The van der Waals surface area contributed by atoms with Crippen molar-refractivity contribution in [1.82, 2.24) is 5.32 Å². The third-order valence-electron chi connectivity index (χ3n) is 3.43. The predicted octanol–water partition coefficient (Wildman–Crippen LogP) is 3.07. The van der Waals surface area contributed by atoms with E-state index in [1.165, 1.54) is 18.4 Å². The molecule has 0 spiro atoms. The van der Waals surface area contributed by atoms with Crippen LogP contribution in [0.1, 0.15) is 29.5 Å². The summed E-state index contributed by atoms with van der Waals surface area (Å²) in [7, 11) is 0. The van der Waals surface area contributed by atoms with Gasteiger partial charge in [-0.2, -0.15) is 0 Å². The number of phenolic OH excluding ortho intramolecular Hbond substituents is 1. The van der Waals surface area contributed by atoms with Gasteiger partial charge in [0.25, 0.3) is 0 Å². The zero-order valence-corrected chi connectivity index (χ0v) is 11.4. The van der Waals surface area contributed by atoms with Crippen LogP contribution in [-0.4, -0.2) is 17.7 Å². The molecule has 2 rings (SSSR count). The molecule has 1 atom stereocenters. The standard InChI is InChI=1S/C13H18BrNO/c1-8-6-12(14)9(2)13(16)11(8)7-10-4-3-5-15-10/h6,10,15-16H,3-5,7H2,1-2H3. The van der Waals surface area contributed by atoms with Crippen molar-refractivity contribution >= 4 is 15.9 Å². The maximum Gasteiger partial charge on any atom is 0.123 e. The lowest BCUT2D eigenvalue weighted by Crippen LogP contribution is -2.24. The fourth-order valence-corrected chi connectivity index (χ4v) is 2.88. The third-order valence-corrected chi connectivity index (χ3v) is 4.26. The van der Waals surface area contributed by atoms with Crippen LogP contribution < -0.4 is 5.32 Å². The maximum atomic E-state index is 10.2. The molecule has 0 amide bonds. The molecule has 0 aliphatic carbocycles. The van der Waals surface area contributed by atoms with Crippen molar-refractivity contribution in [1.29, 1.82) is 0 Å². The lowest BCUT2D eigenvalue weighted by Gasteiger charge is -2.16. The zero-order chi connectivity index (χ0) is 11.7. The molecule has 1 unspecified atom stereocenters. The van der Waals surface area contributed by atoms with Crippen LogP contribution in [0, 0.1) is 13.8 Å². The molecule has 0 radical (unpaired) electrons. The highest BCUT2D eigenvalue weighted by Gasteiger charge is 2.19. The van der Waals surface area contributed by atoms with E-state index in [9.17, 15) is 5.11 Å². The Bertz CT molecular complexity index is 397. The van der Waals surface area contributed by atoms with Crippen LogP contribution in [0.15, 0.2) is 10.5 Å². The minimum Gasteiger partial charge on any atom is -0.507 e. The lowest BCUT2D eigenvalue weighted by atomic mass is 9.97. The number of nitrogens with one attached hydrogen (secondary N) is 1. The summed E-state index contributed by atoms with van der Waals surface area (Å²) in [5, 5.41) is 13.6. The van der Waals surface area contributed by atoms with Gasteiger partial charge in [0.15, 0.2) is 0 Å². The molecule has 1 aliphatic heterocycles. The Labute approximate surface area is 105 Å². The summed E-state index contributed by atoms with van der Waals surface area (Å²) in [5.74, 6) is 0.459. The van der Waals surface area contributed by atoms with Crippen molar-refractivity contribution in [3.63, 3.8) is 0 Å². The van der Waals surface area contributed by atoms with Gasteiger partial charge in [-0.15, -0.1) is 0 Å². The van der Waals surface area contributed by atoms with Crippen molar-refractivity contribution in [3.05, 3.63) is 27.2 Å². The molecule has 1 aromatic rings. The molecule has 1 fully saturated rings. The maximum absolute atomic E-state index is 10.2. The zero-order valence-electron chi connectivity index (χ0n) is 9.81. The van der Waals surface area contributed by atoms with E-state index in [2.05, 4.69) is 34.2 Å². The number of aryl methyl sites for hydroxylation is 1. The molecule has 0 saturated carbocycles. The molecule has 1 heterocycles. The first-order chi connectivity index (χ1) is 7.59. The van der Waals surface area contributed by atoms with Crippen molar-refractivity contribution in [2.75, 3.05) is 6.54 Å². The highest BCUT2D eigenvalue weighted by Crippen LogP contribution is 2.33.